The molecule has 2 aromatic rings. The Morgan fingerprint density at radius 3 is 1.98 bits per heavy atom. The van der Waals surface area contributed by atoms with Gasteiger partial charge in [0.05, 0.1) is 6.67 Å². The van der Waals surface area contributed by atoms with Crippen molar-refractivity contribution in [1.29, 1.82) is 0 Å². The van der Waals surface area contributed by atoms with E-state index >= 15 is 0 Å². The van der Waals surface area contributed by atoms with Gasteiger partial charge in [-0.2, -0.15) is 26.3 Å². The van der Waals surface area contributed by atoms with Gasteiger partial charge < -0.3 is 9.80 Å². The fraction of sp³-hybridized carbons (Fsp3) is 0.462. The summed E-state index contributed by atoms with van der Waals surface area (Å²) in [5.41, 5.74) is -5.23. The van der Waals surface area contributed by atoms with Crippen LogP contribution < -0.4 is 9.03 Å². The monoisotopic (exact) mass is 627 g/mol. The summed E-state index contributed by atoms with van der Waals surface area (Å²) in [6, 6.07) is 15.8. The molecule has 0 radical (unpaired) electrons. The van der Waals surface area contributed by atoms with Crippen LogP contribution in [-0.2, 0) is 26.5 Å². The highest BCUT2D eigenvalue weighted by Gasteiger charge is 2.55. The van der Waals surface area contributed by atoms with Crippen LogP contribution in [0.4, 0.5) is 32.0 Å². The molecule has 1 N–H and O–H groups in total. The van der Waals surface area contributed by atoms with Crippen LogP contribution >= 0.6 is 0 Å². The van der Waals surface area contributed by atoms with Crippen LogP contribution in [0.1, 0.15) is 56.6 Å². The summed E-state index contributed by atoms with van der Waals surface area (Å²) in [6.45, 7) is 4.44. The number of hydrogen-bond donors (Lipinski definition) is 1. The SMILES string of the molecule is CCCCCCCCN1C=CN(c2ccc3c(c2)Cc2ccccc2-3)C1.O=S(=O)(NS(=O)(=O)C(F)(F)F)C(F)(F)F. The maximum Gasteiger partial charge on any atom is 0.512 e. The zero-order valence-corrected chi connectivity index (χ0v) is 23.8. The van der Waals surface area contributed by atoms with Crippen molar-refractivity contribution in [1.82, 2.24) is 9.03 Å². The van der Waals surface area contributed by atoms with E-state index in [9.17, 15) is 43.2 Å². The van der Waals surface area contributed by atoms with E-state index in [-0.39, 0.29) is 0 Å². The minimum Gasteiger partial charge on any atom is -0.358 e. The molecule has 1 heterocycles. The van der Waals surface area contributed by atoms with E-state index < -0.39 is 35.2 Å². The number of nitrogens with zero attached hydrogens (tertiary/aromatic N) is 2. The van der Waals surface area contributed by atoms with Gasteiger partial charge in [-0.1, -0.05) is 73.5 Å². The van der Waals surface area contributed by atoms with Crippen molar-refractivity contribution in [3.05, 3.63) is 66.0 Å². The number of nitrogens with one attached hydrogen (secondary N) is 1. The predicted molar refractivity (Wildman–Crippen MR) is 144 cm³/mol. The van der Waals surface area contributed by atoms with Gasteiger partial charge in [0.2, 0.25) is 0 Å². The summed E-state index contributed by atoms with van der Waals surface area (Å²) < 4.78 is 108. The zero-order valence-electron chi connectivity index (χ0n) is 22.2. The minimum absolute atomic E-state index is 0.493. The smallest absolute Gasteiger partial charge is 0.358 e. The van der Waals surface area contributed by atoms with Crippen molar-refractivity contribution in [3.8, 4) is 11.1 Å². The van der Waals surface area contributed by atoms with E-state index in [0.29, 0.717) is 0 Å². The average Bonchev–Trinajstić information content (AvgIpc) is 3.49. The Balaban J connectivity index is 0.000000266. The Kier molecular flexibility index (Phi) is 10.4. The summed E-state index contributed by atoms with van der Waals surface area (Å²) in [5.74, 6) is 0. The maximum atomic E-state index is 11.5. The van der Waals surface area contributed by atoms with Crippen LogP contribution in [0.15, 0.2) is 54.9 Å². The lowest BCUT2D eigenvalue weighted by molar-refractivity contribution is -0.0476. The topological polar surface area (TPSA) is 86.8 Å². The third-order valence-electron chi connectivity index (χ3n) is 6.53. The lowest BCUT2D eigenvalue weighted by Crippen LogP contribution is -2.45. The summed E-state index contributed by atoms with van der Waals surface area (Å²) >= 11 is 0. The third-order valence-corrected chi connectivity index (χ3v) is 9.50. The van der Waals surface area contributed by atoms with Gasteiger partial charge in [-0.25, -0.2) is 16.8 Å². The van der Waals surface area contributed by atoms with Crippen LogP contribution in [0, 0.1) is 0 Å². The van der Waals surface area contributed by atoms with E-state index in [1.807, 2.05) is 0 Å². The number of hydrogen-bond acceptors (Lipinski definition) is 6. The largest absolute Gasteiger partial charge is 0.512 e. The molecule has 41 heavy (non-hydrogen) atoms. The second kappa shape index (κ2) is 13.0. The highest BCUT2D eigenvalue weighted by atomic mass is 32.3. The van der Waals surface area contributed by atoms with Gasteiger partial charge in [-0.3, -0.25) is 0 Å². The van der Waals surface area contributed by atoms with E-state index in [2.05, 4.69) is 71.6 Å². The molecule has 7 nitrogen and oxygen atoms in total. The van der Waals surface area contributed by atoms with Crippen LogP contribution in [-0.4, -0.2) is 46.0 Å². The molecule has 0 fully saturated rings. The Bertz CT molecular complexity index is 1400. The molecular weight excluding hydrogens is 596 g/mol. The Morgan fingerprint density at radius 1 is 0.756 bits per heavy atom. The first kappa shape index (κ1) is 32.7. The number of sulfonamides is 2. The summed E-state index contributed by atoms with van der Waals surface area (Å²) in [6.07, 6.45) is 13.7. The summed E-state index contributed by atoms with van der Waals surface area (Å²) in [5, 5.41) is 0. The molecule has 0 saturated heterocycles. The van der Waals surface area contributed by atoms with E-state index in [1.54, 1.807) is 0 Å². The molecule has 0 amide bonds. The van der Waals surface area contributed by atoms with Crippen LogP contribution in [0.25, 0.3) is 11.1 Å². The maximum absolute atomic E-state index is 11.5. The van der Waals surface area contributed by atoms with Crippen molar-refractivity contribution in [3.63, 3.8) is 0 Å². The summed E-state index contributed by atoms with van der Waals surface area (Å²) in [4.78, 5) is 4.82. The van der Waals surface area contributed by atoms with Crippen LogP contribution in [0.2, 0.25) is 0 Å². The van der Waals surface area contributed by atoms with E-state index in [1.165, 1.54) is 73.0 Å². The van der Waals surface area contributed by atoms with Gasteiger partial charge in [0, 0.05) is 24.6 Å². The number of alkyl halides is 6. The highest BCUT2D eigenvalue weighted by Crippen LogP contribution is 2.38. The van der Waals surface area contributed by atoms with Crippen molar-refractivity contribution < 1.29 is 43.2 Å². The van der Waals surface area contributed by atoms with Crippen LogP contribution in [0.5, 0.6) is 0 Å². The first-order chi connectivity index (χ1) is 19.1. The van der Waals surface area contributed by atoms with Gasteiger partial charge in [-0.05, 0) is 47.2 Å². The Labute approximate surface area is 235 Å². The van der Waals surface area contributed by atoms with Crippen molar-refractivity contribution in [2.75, 3.05) is 18.1 Å². The molecule has 0 atom stereocenters. The lowest BCUT2D eigenvalue weighted by atomic mass is 10.1. The first-order valence-corrected chi connectivity index (χ1v) is 15.8. The molecule has 2 aromatic carbocycles. The van der Waals surface area contributed by atoms with Crippen LogP contribution in [0.3, 0.4) is 0 Å². The first-order valence-electron chi connectivity index (χ1n) is 12.9. The second-order valence-corrected chi connectivity index (χ2v) is 13.3. The Hall–Kier alpha value is -2.78. The molecule has 0 bridgehead atoms. The number of halogens is 6. The highest BCUT2D eigenvalue weighted by molar-refractivity contribution is 8.05. The fourth-order valence-electron chi connectivity index (χ4n) is 4.42. The molecule has 228 valence electrons. The third kappa shape index (κ3) is 8.38. The number of fused-ring (bicyclic) bond motifs is 3. The molecule has 1 aliphatic heterocycles. The van der Waals surface area contributed by atoms with Crippen molar-refractivity contribution in [2.45, 2.75) is 62.9 Å². The van der Waals surface area contributed by atoms with Gasteiger partial charge in [0.15, 0.2) is 0 Å². The van der Waals surface area contributed by atoms with E-state index in [0.717, 1.165) is 13.1 Å². The molecule has 0 spiro atoms. The molecule has 0 aromatic heterocycles. The van der Waals surface area contributed by atoms with Gasteiger partial charge in [-0.15, -0.1) is 0 Å². The second-order valence-electron chi connectivity index (χ2n) is 9.65. The number of benzene rings is 2. The molecule has 1 aliphatic carbocycles. The normalized spacial score (nSPS) is 15.0. The molecule has 0 unspecified atom stereocenters. The van der Waals surface area contributed by atoms with Gasteiger partial charge >= 0.3 is 31.1 Å². The van der Waals surface area contributed by atoms with Gasteiger partial charge in [0.1, 0.15) is 0 Å². The van der Waals surface area contributed by atoms with Crippen molar-refractivity contribution in [2.24, 2.45) is 0 Å². The zero-order chi connectivity index (χ0) is 30.5. The number of anilines is 1. The van der Waals surface area contributed by atoms with E-state index in [4.69, 9.17) is 0 Å². The van der Waals surface area contributed by atoms with Gasteiger partial charge in [0.25, 0.3) is 0 Å². The average molecular weight is 628 g/mol. The molecule has 15 heteroatoms. The lowest BCUT2D eigenvalue weighted by Gasteiger charge is -2.22. The molecule has 4 rings (SSSR count). The summed E-state index contributed by atoms with van der Waals surface area (Å²) in [7, 11) is -13.2. The molecule has 0 saturated carbocycles. The number of unbranched alkanes of at least 4 members (excludes halogenated alkanes) is 5. The minimum atomic E-state index is -6.60. The predicted octanol–water partition coefficient (Wildman–Crippen LogP) is 6.44. The molecular formula is C26H31F6N3O4S2. The molecule has 2 aliphatic rings. The van der Waals surface area contributed by atoms with Crippen molar-refractivity contribution >= 4 is 25.7 Å². The number of rotatable bonds is 10. The Morgan fingerprint density at radius 2 is 1.34 bits per heavy atom. The standard InChI is InChI=1S/C24H30N2.C2HF6NO4S2/c1-2-3-4-5-6-9-14-25-15-16-26(19-25)22-12-13-24-21(18-22)17-20-10-7-8-11-23(20)24;3-1(4,5)14(10,11)9-15(12,13)2(6,7)8/h7-8,10-13,15-16,18H,2-6,9,14,17,19H2,1H3;9H. The quantitative estimate of drug-likeness (QED) is 0.206. The fourth-order valence-corrected chi connectivity index (χ4v) is 6.33.